The molecule has 0 bridgehead atoms. The van der Waals surface area contributed by atoms with Crippen LogP contribution in [0.25, 0.3) is 5.69 Å². The number of aromatic nitrogens is 3. The Kier molecular flexibility index (Phi) is 4.33. The van der Waals surface area contributed by atoms with E-state index in [0.717, 1.165) is 11.3 Å². The molecule has 0 aliphatic carbocycles. The van der Waals surface area contributed by atoms with E-state index in [1.807, 2.05) is 43.5 Å². The van der Waals surface area contributed by atoms with Crippen molar-refractivity contribution in [1.29, 1.82) is 0 Å². The van der Waals surface area contributed by atoms with Crippen molar-refractivity contribution in [3.05, 3.63) is 72.8 Å². The van der Waals surface area contributed by atoms with Gasteiger partial charge in [0, 0.05) is 18.6 Å². The van der Waals surface area contributed by atoms with Gasteiger partial charge in [-0.25, -0.2) is 9.48 Å². The number of carbonyl (C=O) groups is 1. The first kappa shape index (κ1) is 14.8. The third-order valence-corrected chi connectivity index (χ3v) is 3.43. The molecule has 6 nitrogen and oxygen atoms in total. The van der Waals surface area contributed by atoms with Crippen LogP contribution in [0.4, 0.5) is 10.5 Å². The second-order valence-corrected chi connectivity index (χ2v) is 5.10. The molecule has 3 aromatic rings. The van der Waals surface area contributed by atoms with E-state index >= 15 is 0 Å². The first-order valence-corrected chi connectivity index (χ1v) is 7.30. The maximum absolute atomic E-state index is 12.0. The zero-order valence-electron chi connectivity index (χ0n) is 12.7. The van der Waals surface area contributed by atoms with Crippen LogP contribution in [-0.2, 0) is 0 Å². The Labute approximate surface area is 134 Å². The minimum absolute atomic E-state index is 0.113. The molecular weight excluding hydrogens is 290 g/mol. The number of hydrogen-bond donors (Lipinski definition) is 2. The molecule has 0 saturated heterocycles. The summed E-state index contributed by atoms with van der Waals surface area (Å²) in [6.45, 7) is 1.94. The van der Waals surface area contributed by atoms with Crippen molar-refractivity contribution >= 4 is 11.7 Å². The zero-order chi connectivity index (χ0) is 16.1. The minimum atomic E-state index is -0.262. The predicted molar refractivity (Wildman–Crippen MR) is 88.4 cm³/mol. The van der Waals surface area contributed by atoms with Gasteiger partial charge in [0.1, 0.15) is 0 Å². The van der Waals surface area contributed by atoms with E-state index in [9.17, 15) is 4.79 Å². The molecule has 116 valence electrons. The summed E-state index contributed by atoms with van der Waals surface area (Å²) in [5.74, 6) is 0. The summed E-state index contributed by atoms with van der Waals surface area (Å²) >= 11 is 0. The summed E-state index contributed by atoms with van der Waals surface area (Å²) in [5.41, 5.74) is 2.65. The standard InChI is InChI=1S/C17H17N5O/c1-13(20-17(23)21-15-4-2-9-18-12-15)14-5-7-16(8-6-14)22-11-3-10-19-22/h2-13H,1H3,(H2,20,21,23)/t13-/m1/s1. The average molecular weight is 307 g/mol. The van der Waals surface area contributed by atoms with E-state index in [1.165, 1.54) is 0 Å². The molecule has 1 atom stereocenters. The van der Waals surface area contributed by atoms with Gasteiger partial charge in [0.2, 0.25) is 0 Å². The van der Waals surface area contributed by atoms with Gasteiger partial charge in [-0.15, -0.1) is 0 Å². The molecule has 0 aliphatic rings. The molecule has 1 aromatic carbocycles. The third kappa shape index (κ3) is 3.74. The van der Waals surface area contributed by atoms with Crippen LogP contribution < -0.4 is 10.6 Å². The van der Waals surface area contributed by atoms with Crippen molar-refractivity contribution in [1.82, 2.24) is 20.1 Å². The Hall–Kier alpha value is -3.15. The Morgan fingerprint density at radius 2 is 1.96 bits per heavy atom. The highest BCUT2D eigenvalue weighted by Gasteiger charge is 2.10. The third-order valence-electron chi connectivity index (χ3n) is 3.43. The number of amides is 2. The fourth-order valence-corrected chi connectivity index (χ4v) is 2.22. The van der Waals surface area contributed by atoms with Gasteiger partial charge in [0.25, 0.3) is 0 Å². The van der Waals surface area contributed by atoms with Crippen molar-refractivity contribution in [3.63, 3.8) is 0 Å². The van der Waals surface area contributed by atoms with E-state index in [2.05, 4.69) is 20.7 Å². The maximum Gasteiger partial charge on any atom is 0.319 e. The molecule has 3 rings (SSSR count). The predicted octanol–water partition coefficient (Wildman–Crippen LogP) is 3.15. The molecule has 2 amide bonds. The molecule has 23 heavy (non-hydrogen) atoms. The van der Waals surface area contributed by atoms with Gasteiger partial charge in [-0.2, -0.15) is 5.10 Å². The number of pyridine rings is 1. The lowest BCUT2D eigenvalue weighted by Gasteiger charge is -2.15. The van der Waals surface area contributed by atoms with Crippen LogP contribution in [0, 0.1) is 0 Å². The lowest BCUT2D eigenvalue weighted by Crippen LogP contribution is -2.31. The monoisotopic (exact) mass is 307 g/mol. The molecule has 0 aliphatic heterocycles. The van der Waals surface area contributed by atoms with Gasteiger partial charge >= 0.3 is 6.03 Å². The van der Waals surface area contributed by atoms with E-state index in [0.29, 0.717) is 5.69 Å². The van der Waals surface area contributed by atoms with E-state index in [-0.39, 0.29) is 12.1 Å². The molecule has 0 fully saturated rings. The molecule has 2 heterocycles. The number of carbonyl (C=O) groups excluding carboxylic acids is 1. The number of nitrogens with zero attached hydrogens (tertiary/aromatic N) is 3. The molecule has 2 N–H and O–H groups in total. The summed E-state index contributed by atoms with van der Waals surface area (Å²) in [7, 11) is 0. The second kappa shape index (κ2) is 6.74. The Bertz CT molecular complexity index is 753. The highest BCUT2D eigenvalue weighted by Crippen LogP contribution is 2.15. The highest BCUT2D eigenvalue weighted by atomic mass is 16.2. The number of nitrogens with one attached hydrogen (secondary N) is 2. The Balaban J connectivity index is 1.61. The minimum Gasteiger partial charge on any atom is -0.331 e. The van der Waals surface area contributed by atoms with E-state index in [1.54, 1.807) is 35.4 Å². The van der Waals surface area contributed by atoms with Gasteiger partial charge in [-0.1, -0.05) is 12.1 Å². The molecule has 0 unspecified atom stereocenters. The number of urea groups is 1. The fraction of sp³-hybridized carbons (Fsp3) is 0.118. The molecule has 0 spiro atoms. The maximum atomic E-state index is 12.0. The number of hydrogen-bond acceptors (Lipinski definition) is 3. The Morgan fingerprint density at radius 3 is 2.61 bits per heavy atom. The van der Waals surface area contributed by atoms with Crippen molar-refractivity contribution in [3.8, 4) is 5.69 Å². The molecule has 0 saturated carbocycles. The van der Waals surface area contributed by atoms with Gasteiger partial charge in [0.05, 0.1) is 23.6 Å². The van der Waals surface area contributed by atoms with Crippen molar-refractivity contribution in [2.75, 3.05) is 5.32 Å². The van der Waals surface area contributed by atoms with Crippen molar-refractivity contribution in [2.45, 2.75) is 13.0 Å². The van der Waals surface area contributed by atoms with Crippen LogP contribution in [0.5, 0.6) is 0 Å². The van der Waals surface area contributed by atoms with Crippen molar-refractivity contribution in [2.24, 2.45) is 0 Å². The van der Waals surface area contributed by atoms with Crippen LogP contribution >= 0.6 is 0 Å². The average Bonchev–Trinajstić information content (AvgIpc) is 3.10. The number of rotatable bonds is 4. The van der Waals surface area contributed by atoms with Gasteiger partial charge < -0.3 is 10.6 Å². The van der Waals surface area contributed by atoms with Crippen LogP contribution in [0.15, 0.2) is 67.3 Å². The smallest absolute Gasteiger partial charge is 0.319 e. The number of benzene rings is 1. The quantitative estimate of drug-likeness (QED) is 0.777. The summed E-state index contributed by atoms with van der Waals surface area (Å²) in [5, 5.41) is 9.84. The summed E-state index contributed by atoms with van der Waals surface area (Å²) < 4.78 is 1.79. The summed E-state index contributed by atoms with van der Waals surface area (Å²) in [4.78, 5) is 15.9. The van der Waals surface area contributed by atoms with Gasteiger partial charge in [-0.05, 0) is 42.8 Å². The lowest BCUT2D eigenvalue weighted by molar-refractivity contribution is 0.249. The van der Waals surface area contributed by atoms with E-state index in [4.69, 9.17) is 0 Å². The molecule has 2 aromatic heterocycles. The molecular formula is C17H17N5O. The van der Waals surface area contributed by atoms with Gasteiger partial charge in [-0.3, -0.25) is 4.98 Å². The summed E-state index contributed by atoms with van der Waals surface area (Å²) in [6.07, 6.45) is 6.88. The fourth-order valence-electron chi connectivity index (χ4n) is 2.22. The first-order valence-electron chi connectivity index (χ1n) is 7.30. The van der Waals surface area contributed by atoms with E-state index < -0.39 is 0 Å². The van der Waals surface area contributed by atoms with Crippen LogP contribution in [0.1, 0.15) is 18.5 Å². The van der Waals surface area contributed by atoms with Crippen LogP contribution in [0.3, 0.4) is 0 Å². The normalized spacial score (nSPS) is 11.7. The topological polar surface area (TPSA) is 71.8 Å². The van der Waals surface area contributed by atoms with Crippen molar-refractivity contribution < 1.29 is 4.79 Å². The van der Waals surface area contributed by atoms with Gasteiger partial charge in [0.15, 0.2) is 0 Å². The number of anilines is 1. The van der Waals surface area contributed by atoms with Crippen LogP contribution in [0.2, 0.25) is 0 Å². The molecule has 0 radical (unpaired) electrons. The Morgan fingerprint density at radius 1 is 1.13 bits per heavy atom. The summed E-state index contributed by atoms with van der Waals surface area (Å²) in [6, 6.07) is 13.0. The van der Waals surface area contributed by atoms with Crippen LogP contribution in [-0.4, -0.2) is 20.8 Å². The molecule has 6 heteroatoms. The second-order valence-electron chi connectivity index (χ2n) is 5.10. The lowest BCUT2D eigenvalue weighted by atomic mass is 10.1. The highest BCUT2D eigenvalue weighted by molar-refractivity contribution is 5.89. The first-order chi connectivity index (χ1) is 11.2. The zero-order valence-corrected chi connectivity index (χ0v) is 12.7. The largest absolute Gasteiger partial charge is 0.331 e. The SMILES string of the molecule is C[C@@H](NC(=O)Nc1cccnc1)c1ccc(-n2cccn2)cc1.